The van der Waals surface area contributed by atoms with Gasteiger partial charge in [-0.3, -0.25) is 0 Å². The summed E-state index contributed by atoms with van der Waals surface area (Å²) in [6, 6.07) is 6.21. The first kappa shape index (κ1) is 13.3. The normalized spacial score (nSPS) is 9.71. The Morgan fingerprint density at radius 2 is 1.94 bits per heavy atom. The van der Waals surface area contributed by atoms with Crippen LogP contribution in [-0.2, 0) is 12.8 Å². The standard InChI is InChI=1S/C16H20O/c1-5-8-14-9-7-10-15(12-13(3)4)16(14)17-11-6-2/h5-7,9-10H,1-3,8,11-12H2,4H3. The first-order chi connectivity index (χ1) is 8.19. The number of ether oxygens (including phenoxy) is 1. The second kappa shape index (κ2) is 6.74. The molecule has 0 aliphatic rings. The van der Waals surface area contributed by atoms with Crippen molar-refractivity contribution in [2.45, 2.75) is 19.8 Å². The maximum Gasteiger partial charge on any atom is 0.126 e. The number of hydrogen-bond donors (Lipinski definition) is 0. The molecule has 0 N–H and O–H groups in total. The van der Waals surface area contributed by atoms with Gasteiger partial charge in [0.1, 0.15) is 12.4 Å². The molecule has 0 spiro atoms. The predicted molar refractivity (Wildman–Crippen MR) is 74.6 cm³/mol. The van der Waals surface area contributed by atoms with Gasteiger partial charge in [-0.2, -0.15) is 0 Å². The molecular weight excluding hydrogens is 208 g/mol. The maximum atomic E-state index is 5.76. The predicted octanol–water partition coefficient (Wildman–Crippen LogP) is 4.10. The lowest BCUT2D eigenvalue weighted by molar-refractivity contribution is 0.356. The Hall–Kier alpha value is -1.76. The van der Waals surface area contributed by atoms with Crippen LogP contribution >= 0.6 is 0 Å². The summed E-state index contributed by atoms with van der Waals surface area (Å²) in [6.45, 7) is 14.0. The van der Waals surface area contributed by atoms with Gasteiger partial charge in [-0.15, -0.1) is 6.58 Å². The van der Waals surface area contributed by atoms with Crippen LogP contribution in [0.4, 0.5) is 0 Å². The number of allylic oxidation sites excluding steroid dienone is 2. The van der Waals surface area contributed by atoms with Crippen LogP contribution in [0.5, 0.6) is 5.75 Å². The average Bonchev–Trinajstić information content (AvgIpc) is 2.28. The van der Waals surface area contributed by atoms with Crippen molar-refractivity contribution in [1.29, 1.82) is 0 Å². The highest BCUT2D eigenvalue weighted by Gasteiger charge is 2.08. The zero-order chi connectivity index (χ0) is 12.7. The summed E-state index contributed by atoms with van der Waals surface area (Å²) in [4.78, 5) is 0. The lowest BCUT2D eigenvalue weighted by Gasteiger charge is -2.14. The fourth-order valence-corrected chi connectivity index (χ4v) is 1.75. The molecule has 17 heavy (non-hydrogen) atoms. The Bertz CT molecular complexity index is 416. The van der Waals surface area contributed by atoms with E-state index in [1.54, 1.807) is 6.08 Å². The molecule has 0 atom stereocenters. The van der Waals surface area contributed by atoms with E-state index in [2.05, 4.69) is 37.9 Å². The van der Waals surface area contributed by atoms with Gasteiger partial charge in [0.2, 0.25) is 0 Å². The van der Waals surface area contributed by atoms with E-state index in [0.29, 0.717) is 6.61 Å². The van der Waals surface area contributed by atoms with Crippen molar-refractivity contribution in [2.24, 2.45) is 0 Å². The zero-order valence-corrected chi connectivity index (χ0v) is 10.5. The number of hydrogen-bond acceptors (Lipinski definition) is 1. The van der Waals surface area contributed by atoms with Gasteiger partial charge in [0.25, 0.3) is 0 Å². The zero-order valence-electron chi connectivity index (χ0n) is 10.5. The molecule has 0 aliphatic carbocycles. The second-order valence-electron chi connectivity index (χ2n) is 4.13. The van der Waals surface area contributed by atoms with Crippen molar-refractivity contribution in [3.05, 3.63) is 66.8 Å². The van der Waals surface area contributed by atoms with Crippen LogP contribution in [-0.4, -0.2) is 6.61 Å². The van der Waals surface area contributed by atoms with E-state index >= 15 is 0 Å². The third-order valence-corrected chi connectivity index (χ3v) is 2.38. The Morgan fingerprint density at radius 1 is 1.24 bits per heavy atom. The maximum absolute atomic E-state index is 5.76. The molecular formula is C16H20O. The first-order valence-electron chi connectivity index (χ1n) is 5.78. The van der Waals surface area contributed by atoms with Crippen molar-refractivity contribution in [3.8, 4) is 5.75 Å². The van der Waals surface area contributed by atoms with Crippen molar-refractivity contribution in [1.82, 2.24) is 0 Å². The first-order valence-corrected chi connectivity index (χ1v) is 5.78. The fraction of sp³-hybridized carbons (Fsp3) is 0.250. The molecule has 1 aromatic rings. The molecule has 0 aliphatic heterocycles. The van der Waals surface area contributed by atoms with Gasteiger partial charge in [0, 0.05) is 0 Å². The second-order valence-corrected chi connectivity index (χ2v) is 4.13. The summed E-state index contributed by atoms with van der Waals surface area (Å²) in [5.74, 6) is 0.954. The van der Waals surface area contributed by atoms with Gasteiger partial charge in [-0.25, -0.2) is 0 Å². The lowest BCUT2D eigenvalue weighted by atomic mass is 10.0. The van der Waals surface area contributed by atoms with E-state index in [9.17, 15) is 0 Å². The molecule has 0 bridgehead atoms. The molecule has 1 aromatic carbocycles. The summed E-state index contributed by atoms with van der Waals surface area (Å²) in [7, 11) is 0. The van der Waals surface area contributed by atoms with Gasteiger partial charge in [0.05, 0.1) is 0 Å². The molecule has 0 unspecified atom stereocenters. The molecule has 0 fully saturated rings. The van der Waals surface area contributed by atoms with E-state index in [-0.39, 0.29) is 0 Å². The monoisotopic (exact) mass is 228 g/mol. The molecule has 1 rings (SSSR count). The SMILES string of the molecule is C=CCOc1c(CC=C)cccc1CC(=C)C. The third-order valence-electron chi connectivity index (χ3n) is 2.38. The van der Waals surface area contributed by atoms with Crippen LogP contribution in [0, 0.1) is 0 Å². The van der Waals surface area contributed by atoms with E-state index in [4.69, 9.17) is 4.74 Å². The summed E-state index contributed by atoms with van der Waals surface area (Å²) < 4.78 is 5.76. The molecule has 0 heterocycles. The Kier molecular flexibility index (Phi) is 5.28. The molecule has 1 heteroatoms. The molecule has 1 nitrogen and oxygen atoms in total. The van der Waals surface area contributed by atoms with E-state index in [1.807, 2.05) is 13.0 Å². The molecule has 0 saturated heterocycles. The quantitative estimate of drug-likeness (QED) is 0.638. The summed E-state index contributed by atoms with van der Waals surface area (Å²) in [5, 5.41) is 0. The summed E-state index contributed by atoms with van der Waals surface area (Å²) in [6.07, 6.45) is 5.31. The van der Waals surface area contributed by atoms with Crippen molar-refractivity contribution >= 4 is 0 Å². The minimum Gasteiger partial charge on any atom is -0.489 e. The van der Waals surface area contributed by atoms with E-state index in [0.717, 1.165) is 24.2 Å². The van der Waals surface area contributed by atoms with Crippen molar-refractivity contribution in [3.63, 3.8) is 0 Å². The molecule has 0 radical (unpaired) electrons. The highest BCUT2D eigenvalue weighted by molar-refractivity contribution is 5.44. The van der Waals surface area contributed by atoms with Gasteiger partial charge in [0.15, 0.2) is 0 Å². The summed E-state index contributed by atoms with van der Waals surface area (Å²) in [5.41, 5.74) is 3.48. The highest BCUT2D eigenvalue weighted by Crippen LogP contribution is 2.27. The van der Waals surface area contributed by atoms with Gasteiger partial charge in [-0.1, -0.05) is 49.1 Å². The molecule has 0 amide bonds. The number of rotatable bonds is 7. The lowest BCUT2D eigenvalue weighted by Crippen LogP contribution is -2.01. The van der Waals surface area contributed by atoms with Crippen LogP contribution in [0.2, 0.25) is 0 Å². The third kappa shape index (κ3) is 3.95. The Morgan fingerprint density at radius 3 is 2.53 bits per heavy atom. The molecule has 0 aromatic heterocycles. The molecule has 90 valence electrons. The van der Waals surface area contributed by atoms with Gasteiger partial charge >= 0.3 is 0 Å². The number of para-hydroxylation sites is 1. The van der Waals surface area contributed by atoms with Gasteiger partial charge < -0.3 is 4.74 Å². The Balaban J connectivity index is 3.07. The van der Waals surface area contributed by atoms with Crippen LogP contribution in [0.3, 0.4) is 0 Å². The average molecular weight is 228 g/mol. The van der Waals surface area contributed by atoms with Crippen molar-refractivity contribution in [2.75, 3.05) is 6.61 Å². The van der Waals surface area contributed by atoms with Crippen molar-refractivity contribution < 1.29 is 4.74 Å². The topological polar surface area (TPSA) is 9.23 Å². The van der Waals surface area contributed by atoms with Crippen LogP contribution in [0.25, 0.3) is 0 Å². The van der Waals surface area contributed by atoms with E-state index < -0.39 is 0 Å². The van der Waals surface area contributed by atoms with Crippen LogP contribution < -0.4 is 4.74 Å². The summed E-state index contributed by atoms with van der Waals surface area (Å²) >= 11 is 0. The Labute approximate surface area is 104 Å². The number of benzene rings is 1. The minimum atomic E-state index is 0.525. The highest BCUT2D eigenvalue weighted by atomic mass is 16.5. The van der Waals surface area contributed by atoms with Crippen LogP contribution in [0.1, 0.15) is 18.1 Å². The minimum absolute atomic E-state index is 0.525. The fourth-order valence-electron chi connectivity index (χ4n) is 1.75. The largest absolute Gasteiger partial charge is 0.489 e. The molecule has 0 saturated carbocycles. The van der Waals surface area contributed by atoms with Crippen LogP contribution in [0.15, 0.2) is 55.7 Å². The van der Waals surface area contributed by atoms with Gasteiger partial charge in [-0.05, 0) is 30.9 Å². The smallest absolute Gasteiger partial charge is 0.126 e. The van der Waals surface area contributed by atoms with E-state index in [1.165, 1.54) is 11.1 Å².